The van der Waals surface area contributed by atoms with Gasteiger partial charge < -0.3 is 10.2 Å². The number of anilines is 1. The molecule has 0 bridgehead atoms. The lowest BCUT2D eigenvalue weighted by Crippen LogP contribution is -2.44. The highest BCUT2D eigenvalue weighted by molar-refractivity contribution is 8.00. The van der Waals surface area contributed by atoms with E-state index in [1.165, 1.54) is 11.8 Å². The Hall–Kier alpha value is -1.56. The normalized spacial score (nSPS) is 17.3. The van der Waals surface area contributed by atoms with Crippen molar-refractivity contribution in [1.82, 2.24) is 10.3 Å². The first-order chi connectivity index (χ1) is 11.0. The van der Waals surface area contributed by atoms with Crippen LogP contribution < -0.4 is 10.2 Å². The molecule has 5 nitrogen and oxygen atoms in total. The fraction of sp³-hybridized carbons (Fsp3) is 0.588. The Morgan fingerprint density at radius 2 is 2.26 bits per heavy atom. The zero-order valence-electron chi connectivity index (χ0n) is 14.0. The van der Waals surface area contributed by atoms with Gasteiger partial charge in [0.05, 0.1) is 10.9 Å². The topological polar surface area (TPSA) is 62.3 Å². The van der Waals surface area contributed by atoms with Crippen LogP contribution in [0.3, 0.4) is 0 Å². The largest absolute Gasteiger partial charge is 0.356 e. The summed E-state index contributed by atoms with van der Waals surface area (Å²) in [7, 11) is 0. The molecule has 1 aromatic rings. The molecule has 0 radical (unpaired) electrons. The molecule has 0 saturated carbocycles. The summed E-state index contributed by atoms with van der Waals surface area (Å²) < 4.78 is 0. The van der Waals surface area contributed by atoms with Gasteiger partial charge in [-0.15, -0.1) is 0 Å². The number of hydrogen-bond acceptors (Lipinski definition) is 4. The number of carbonyl (C=O) groups excluding carboxylic acids is 2. The van der Waals surface area contributed by atoms with Crippen molar-refractivity contribution in [2.75, 3.05) is 18.0 Å². The summed E-state index contributed by atoms with van der Waals surface area (Å²) >= 11 is 1.40. The SMILES string of the molecule is CCCCN1C(=O)[C@H](CC(=O)NCC(C)C)Sc2ncccc21. The van der Waals surface area contributed by atoms with Crippen LogP contribution in [0, 0.1) is 5.92 Å². The smallest absolute Gasteiger partial charge is 0.241 e. The Kier molecular flexibility index (Phi) is 6.45. The number of rotatable bonds is 7. The number of amides is 2. The summed E-state index contributed by atoms with van der Waals surface area (Å²) in [4.78, 5) is 31.0. The number of hydrogen-bond donors (Lipinski definition) is 1. The minimum atomic E-state index is -0.388. The Bertz CT molecular complexity index is 563. The minimum Gasteiger partial charge on any atom is -0.356 e. The Labute approximate surface area is 142 Å². The molecule has 1 aliphatic heterocycles. The van der Waals surface area contributed by atoms with Gasteiger partial charge in [0.15, 0.2) is 0 Å². The first kappa shape index (κ1) is 17.8. The zero-order valence-corrected chi connectivity index (χ0v) is 14.9. The number of fused-ring (bicyclic) bond motifs is 1. The molecule has 0 unspecified atom stereocenters. The van der Waals surface area contributed by atoms with Crippen LogP contribution in [0.1, 0.15) is 40.0 Å². The number of pyridine rings is 1. The average Bonchev–Trinajstić information content (AvgIpc) is 2.53. The summed E-state index contributed by atoms with van der Waals surface area (Å²) in [5.41, 5.74) is 0.870. The van der Waals surface area contributed by atoms with Gasteiger partial charge in [-0.1, -0.05) is 39.0 Å². The second kappa shape index (κ2) is 8.34. The zero-order chi connectivity index (χ0) is 16.8. The summed E-state index contributed by atoms with van der Waals surface area (Å²) in [5, 5.41) is 3.34. The van der Waals surface area contributed by atoms with Crippen LogP contribution in [0.15, 0.2) is 23.4 Å². The predicted octanol–water partition coefficient (Wildman–Crippen LogP) is 2.85. The highest BCUT2D eigenvalue weighted by Crippen LogP contribution is 2.38. The quantitative estimate of drug-likeness (QED) is 0.832. The summed E-state index contributed by atoms with van der Waals surface area (Å²) in [6.45, 7) is 7.52. The Morgan fingerprint density at radius 3 is 2.96 bits per heavy atom. The van der Waals surface area contributed by atoms with Crippen molar-refractivity contribution in [3.05, 3.63) is 18.3 Å². The molecule has 0 aromatic carbocycles. The van der Waals surface area contributed by atoms with Crippen LogP contribution in [0.2, 0.25) is 0 Å². The molecule has 6 heteroatoms. The van der Waals surface area contributed by atoms with E-state index >= 15 is 0 Å². The van der Waals surface area contributed by atoms with Gasteiger partial charge in [0.2, 0.25) is 11.8 Å². The van der Waals surface area contributed by atoms with Crippen molar-refractivity contribution in [3.63, 3.8) is 0 Å². The summed E-state index contributed by atoms with van der Waals surface area (Å²) in [5.74, 6) is 0.347. The van der Waals surface area contributed by atoms with Gasteiger partial charge in [0.1, 0.15) is 5.03 Å². The molecule has 2 heterocycles. The van der Waals surface area contributed by atoms with Crippen molar-refractivity contribution in [3.8, 4) is 0 Å². The third-order valence-corrected chi connectivity index (χ3v) is 4.84. The lowest BCUT2D eigenvalue weighted by Gasteiger charge is -2.32. The molecular weight excluding hydrogens is 310 g/mol. The Morgan fingerprint density at radius 1 is 1.48 bits per heavy atom. The molecule has 1 atom stereocenters. The number of carbonyl (C=O) groups is 2. The molecule has 0 spiro atoms. The molecule has 0 fully saturated rings. The third-order valence-electron chi connectivity index (χ3n) is 3.65. The van der Waals surface area contributed by atoms with E-state index in [-0.39, 0.29) is 23.5 Å². The van der Waals surface area contributed by atoms with Gasteiger partial charge in [0, 0.05) is 25.7 Å². The van der Waals surface area contributed by atoms with Gasteiger partial charge in [0.25, 0.3) is 0 Å². The molecule has 0 saturated heterocycles. The lowest BCUT2D eigenvalue weighted by atomic mass is 10.2. The summed E-state index contributed by atoms with van der Waals surface area (Å²) in [6, 6.07) is 3.78. The Balaban J connectivity index is 2.10. The van der Waals surface area contributed by atoms with E-state index < -0.39 is 0 Å². The minimum absolute atomic E-state index is 0.0173. The number of unbranched alkanes of at least 4 members (excludes halogenated alkanes) is 1. The highest BCUT2D eigenvalue weighted by Gasteiger charge is 2.35. The molecule has 0 aliphatic carbocycles. The van der Waals surface area contributed by atoms with Crippen LogP contribution in [-0.4, -0.2) is 35.1 Å². The van der Waals surface area contributed by atoms with E-state index in [4.69, 9.17) is 0 Å². The van der Waals surface area contributed by atoms with E-state index in [0.29, 0.717) is 19.0 Å². The maximum atomic E-state index is 12.8. The fourth-order valence-corrected chi connectivity index (χ4v) is 3.54. The molecule has 1 aromatic heterocycles. The fourth-order valence-electron chi connectivity index (χ4n) is 2.39. The highest BCUT2D eigenvalue weighted by atomic mass is 32.2. The van der Waals surface area contributed by atoms with Crippen LogP contribution in [-0.2, 0) is 9.59 Å². The van der Waals surface area contributed by atoms with E-state index in [1.54, 1.807) is 11.1 Å². The van der Waals surface area contributed by atoms with E-state index in [2.05, 4.69) is 17.2 Å². The van der Waals surface area contributed by atoms with Crippen molar-refractivity contribution >= 4 is 29.3 Å². The van der Waals surface area contributed by atoms with Crippen LogP contribution in [0.25, 0.3) is 0 Å². The van der Waals surface area contributed by atoms with Gasteiger partial charge in [-0.3, -0.25) is 9.59 Å². The molecule has 1 N–H and O–H groups in total. The third kappa shape index (κ3) is 4.70. The van der Waals surface area contributed by atoms with E-state index in [9.17, 15) is 9.59 Å². The van der Waals surface area contributed by atoms with Crippen LogP contribution in [0.4, 0.5) is 5.69 Å². The van der Waals surface area contributed by atoms with Crippen molar-refractivity contribution in [2.45, 2.75) is 50.3 Å². The molecule has 126 valence electrons. The first-order valence-electron chi connectivity index (χ1n) is 8.22. The van der Waals surface area contributed by atoms with Gasteiger partial charge in [-0.25, -0.2) is 4.98 Å². The number of aromatic nitrogens is 1. The molecule has 1 aliphatic rings. The number of nitrogens with zero attached hydrogens (tertiary/aromatic N) is 2. The monoisotopic (exact) mass is 335 g/mol. The van der Waals surface area contributed by atoms with Crippen molar-refractivity contribution in [1.29, 1.82) is 0 Å². The maximum Gasteiger partial charge on any atom is 0.241 e. The number of thioether (sulfide) groups is 1. The second-order valence-corrected chi connectivity index (χ2v) is 7.37. The molecule has 2 rings (SSSR count). The van der Waals surface area contributed by atoms with Gasteiger partial charge in [-0.2, -0.15) is 0 Å². The molecule has 23 heavy (non-hydrogen) atoms. The predicted molar refractivity (Wildman–Crippen MR) is 93.6 cm³/mol. The lowest BCUT2D eigenvalue weighted by molar-refractivity contribution is -0.125. The summed E-state index contributed by atoms with van der Waals surface area (Å²) in [6.07, 6.45) is 3.90. The average molecular weight is 335 g/mol. The van der Waals surface area contributed by atoms with Gasteiger partial charge >= 0.3 is 0 Å². The second-order valence-electron chi connectivity index (χ2n) is 6.18. The van der Waals surface area contributed by atoms with Crippen LogP contribution >= 0.6 is 11.8 Å². The number of nitrogens with one attached hydrogen (secondary N) is 1. The molecular formula is C17H25N3O2S. The van der Waals surface area contributed by atoms with Crippen molar-refractivity contribution < 1.29 is 9.59 Å². The van der Waals surface area contributed by atoms with Gasteiger partial charge in [-0.05, 0) is 24.5 Å². The van der Waals surface area contributed by atoms with E-state index in [0.717, 1.165) is 23.6 Å². The van der Waals surface area contributed by atoms with E-state index in [1.807, 2.05) is 26.0 Å². The maximum absolute atomic E-state index is 12.8. The first-order valence-corrected chi connectivity index (χ1v) is 9.10. The van der Waals surface area contributed by atoms with Crippen molar-refractivity contribution in [2.24, 2.45) is 5.92 Å². The van der Waals surface area contributed by atoms with Crippen LogP contribution in [0.5, 0.6) is 0 Å². The standard InChI is InChI=1S/C17H25N3O2S/c1-4-5-9-20-13-7-6-8-18-16(13)23-14(17(20)22)10-15(21)19-11-12(2)3/h6-8,12,14H,4-5,9-11H2,1-3H3,(H,19,21)/t14-/m0/s1. The molecule has 2 amide bonds.